The van der Waals surface area contributed by atoms with Crippen molar-refractivity contribution < 1.29 is 9.50 Å². The minimum atomic E-state index is -0.585. The first kappa shape index (κ1) is 18.0. The molecule has 1 atom stereocenters. The van der Waals surface area contributed by atoms with Crippen molar-refractivity contribution in [2.75, 3.05) is 32.7 Å². The second-order valence-electron chi connectivity index (χ2n) is 6.59. The third-order valence-corrected chi connectivity index (χ3v) is 4.89. The van der Waals surface area contributed by atoms with Crippen molar-refractivity contribution in [1.82, 2.24) is 24.6 Å². The lowest BCUT2D eigenvalue weighted by atomic mass is 10.1. The maximum Gasteiger partial charge on any atom is 0.146 e. The van der Waals surface area contributed by atoms with Crippen molar-refractivity contribution in [3.8, 4) is 0 Å². The molecule has 0 spiro atoms. The molecule has 0 radical (unpaired) electrons. The zero-order chi connectivity index (χ0) is 17.8. The van der Waals surface area contributed by atoms with E-state index in [4.69, 9.17) is 0 Å². The van der Waals surface area contributed by atoms with Crippen LogP contribution >= 0.6 is 0 Å². The highest BCUT2D eigenvalue weighted by Crippen LogP contribution is 2.16. The molecule has 1 N–H and O–H groups in total. The molecule has 136 valence electrons. The molecular weight excluding hydrogens is 321 g/mol. The van der Waals surface area contributed by atoms with Gasteiger partial charge in [-0.3, -0.25) is 9.80 Å². The average molecular weight is 347 g/mol. The third-order valence-electron chi connectivity index (χ3n) is 4.89. The van der Waals surface area contributed by atoms with Crippen LogP contribution in [0.3, 0.4) is 0 Å². The summed E-state index contributed by atoms with van der Waals surface area (Å²) in [5.41, 5.74) is 0.759. The fourth-order valence-electron chi connectivity index (χ4n) is 3.21. The molecule has 25 heavy (non-hydrogen) atoms. The van der Waals surface area contributed by atoms with E-state index in [9.17, 15) is 9.50 Å². The topological polar surface area (TPSA) is 57.4 Å². The van der Waals surface area contributed by atoms with Crippen LogP contribution in [-0.4, -0.2) is 62.4 Å². The van der Waals surface area contributed by atoms with Gasteiger partial charge in [-0.2, -0.15) is 0 Å². The van der Waals surface area contributed by atoms with Crippen molar-refractivity contribution >= 4 is 0 Å². The van der Waals surface area contributed by atoms with Gasteiger partial charge in [-0.15, -0.1) is 10.2 Å². The number of hydrogen-bond donors (Lipinski definition) is 1. The quantitative estimate of drug-likeness (QED) is 0.855. The Labute approximate surface area is 147 Å². The molecule has 7 heteroatoms. The van der Waals surface area contributed by atoms with E-state index < -0.39 is 6.10 Å². The fraction of sp³-hybridized carbons (Fsp3) is 0.556. The Kier molecular flexibility index (Phi) is 5.78. The van der Waals surface area contributed by atoms with Crippen LogP contribution in [0.5, 0.6) is 0 Å². The van der Waals surface area contributed by atoms with Crippen LogP contribution in [0, 0.1) is 5.82 Å². The van der Waals surface area contributed by atoms with Crippen molar-refractivity contribution in [2.24, 2.45) is 7.05 Å². The first-order valence-electron chi connectivity index (χ1n) is 8.82. The molecule has 0 bridgehead atoms. The molecule has 1 aromatic carbocycles. The van der Waals surface area contributed by atoms with Crippen molar-refractivity contribution in [2.45, 2.75) is 26.0 Å². The van der Waals surface area contributed by atoms with E-state index in [1.54, 1.807) is 12.1 Å². The van der Waals surface area contributed by atoms with Gasteiger partial charge in [0.2, 0.25) is 0 Å². The minimum Gasteiger partial charge on any atom is -0.387 e. The number of benzene rings is 1. The molecule has 3 rings (SSSR count). The first-order chi connectivity index (χ1) is 12.1. The summed E-state index contributed by atoms with van der Waals surface area (Å²) >= 11 is 0. The van der Waals surface area contributed by atoms with Crippen LogP contribution in [0.25, 0.3) is 0 Å². The Morgan fingerprint density at radius 2 is 1.64 bits per heavy atom. The van der Waals surface area contributed by atoms with Gasteiger partial charge in [0.1, 0.15) is 17.5 Å². The van der Waals surface area contributed by atoms with E-state index >= 15 is 0 Å². The van der Waals surface area contributed by atoms with Gasteiger partial charge in [-0.25, -0.2) is 4.39 Å². The van der Waals surface area contributed by atoms with Crippen LogP contribution in [0.2, 0.25) is 0 Å². The van der Waals surface area contributed by atoms with Crippen molar-refractivity contribution in [3.05, 3.63) is 47.3 Å². The van der Waals surface area contributed by atoms with Crippen LogP contribution in [-0.2, 0) is 20.0 Å². The summed E-state index contributed by atoms with van der Waals surface area (Å²) in [6, 6.07) is 6.08. The maximum atomic E-state index is 13.0. The average Bonchev–Trinajstić information content (AvgIpc) is 2.97. The van der Waals surface area contributed by atoms with Gasteiger partial charge in [-0.1, -0.05) is 19.1 Å². The standard InChI is InChI=1S/C18H26FN5O/c1-3-17-20-21-18(22(17)2)13-24-10-8-23(9-11-24)12-16(25)14-4-6-15(19)7-5-14/h4-7,16,25H,3,8-13H2,1-2H3/t16-/m0/s1. The third kappa shape index (κ3) is 4.42. The number of aryl methyl sites for hydroxylation is 1. The highest BCUT2D eigenvalue weighted by Gasteiger charge is 2.21. The van der Waals surface area contributed by atoms with Gasteiger partial charge in [0.15, 0.2) is 0 Å². The first-order valence-corrected chi connectivity index (χ1v) is 8.82. The Morgan fingerprint density at radius 3 is 2.24 bits per heavy atom. The zero-order valence-electron chi connectivity index (χ0n) is 14.9. The molecule has 1 saturated heterocycles. The number of nitrogens with zero attached hydrogens (tertiary/aromatic N) is 5. The monoisotopic (exact) mass is 347 g/mol. The van der Waals surface area contributed by atoms with Gasteiger partial charge in [-0.05, 0) is 17.7 Å². The van der Waals surface area contributed by atoms with Crippen LogP contribution in [0.1, 0.15) is 30.2 Å². The summed E-state index contributed by atoms with van der Waals surface area (Å²) in [7, 11) is 2.02. The molecule has 1 fully saturated rings. The lowest BCUT2D eigenvalue weighted by molar-refractivity contribution is 0.0689. The molecule has 2 aromatic rings. The molecule has 1 aliphatic heterocycles. The van der Waals surface area contributed by atoms with Crippen molar-refractivity contribution in [3.63, 3.8) is 0 Å². The number of aromatic nitrogens is 3. The largest absolute Gasteiger partial charge is 0.387 e. The smallest absolute Gasteiger partial charge is 0.146 e. The number of halogens is 1. The fourth-order valence-corrected chi connectivity index (χ4v) is 3.21. The van der Waals surface area contributed by atoms with E-state index in [0.29, 0.717) is 6.54 Å². The molecule has 0 aliphatic carbocycles. The van der Waals surface area contributed by atoms with Crippen LogP contribution in [0.4, 0.5) is 4.39 Å². The number of β-amino-alcohol motifs (C(OH)–C–C–N with tert-alkyl or cyclic N) is 1. The molecule has 0 saturated carbocycles. The predicted octanol–water partition coefficient (Wildman–Crippen LogP) is 1.37. The summed E-state index contributed by atoms with van der Waals surface area (Å²) in [5, 5.41) is 18.8. The summed E-state index contributed by atoms with van der Waals surface area (Å²) in [4.78, 5) is 4.61. The Bertz CT molecular complexity index is 679. The van der Waals surface area contributed by atoms with Crippen LogP contribution < -0.4 is 0 Å². The number of piperazine rings is 1. The minimum absolute atomic E-state index is 0.278. The van der Waals surface area contributed by atoms with Gasteiger partial charge < -0.3 is 9.67 Å². The van der Waals surface area contributed by atoms with E-state index in [-0.39, 0.29) is 5.82 Å². The number of rotatable bonds is 6. The Hall–Kier alpha value is -1.83. The number of hydrogen-bond acceptors (Lipinski definition) is 5. The second-order valence-corrected chi connectivity index (χ2v) is 6.59. The summed E-state index contributed by atoms with van der Waals surface area (Å²) in [6.45, 7) is 7.13. The predicted molar refractivity (Wildman–Crippen MR) is 93.5 cm³/mol. The van der Waals surface area contributed by atoms with Gasteiger partial charge in [0, 0.05) is 46.2 Å². The van der Waals surface area contributed by atoms with E-state index in [1.807, 2.05) is 7.05 Å². The number of aliphatic hydroxyl groups is 1. The molecule has 1 aliphatic rings. The van der Waals surface area contributed by atoms with Gasteiger partial charge >= 0.3 is 0 Å². The van der Waals surface area contributed by atoms with Crippen LogP contribution in [0.15, 0.2) is 24.3 Å². The SMILES string of the molecule is CCc1nnc(CN2CCN(C[C@H](O)c3ccc(F)cc3)CC2)n1C. The van der Waals surface area contributed by atoms with Gasteiger partial charge in [0.05, 0.1) is 12.6 Å². The molecule has 0 unspecified atom stereocenters. The van der Waals surface area contributed by atoms with E-state index in [0.717, 1.165) is 56.4 Å². The highest BCUT2D eigenvalue weighted by atomic mass is 19.1. The van der Waals surface area contributed by atoms with Gasteiger partial charge in [0.25, 0.3) is 0 Å². The van der Waals surface area contributed by atoms with E-state index in [1.165, 1.54) is 12.1 Å². The molecule has 2 heterocycles. The maximum absolute atomic E-state index is 13.0. The van der Waals surface area contributed by atoms with Crippen molar-refractivity contribution in [1.29, 1.82) is 0 Å². The van der Waals surface area contributed by atoms with E-state index in [2.05, 4.69) is 31.5 Å². The lowest BCUT2D eigenvalue weighted by Gasteiger charge is -2.35. The summed E-state index contributed by atoms with van der Waals surface area (Å²) in [5.74, 6) is 1.73. The normalized spacial score (nSPS) is 17.8. The summed E-state index contributed by atoms with van der Waals surface area (Å²) in [6.07, 6.45) is 0.302. The molecule has 0 amide bonds. The molecular formula is C18H26FN5O. The second kappa shape index (κ2) is 8.03. The summed E-state index contributed by atoms with van der Waals surface area (Å²) < 4.78 is 15.0. The molecule has 1 aromatic heterocycles. The Balaban J connectivity index is 1.48. The number of aliphatic hydroxyl groups excluding tert-OH is 1. The highest BCUT2D eigenvalue weighted by molar-refractivity contribution is 5.18. The lowest BCUT2D eigenvalue weighted by Crippen LogP contribution is -2.47. The zero-order valence-corrected chi connectivity index (χ0v) is 14.9. The Morgan fingerprint density at radius 1 is 1.04 bits per heavy atom. The molecule has 6 nitrogen and oxygen atoms in total.